The van der Waals surface area contributed by atoms with Crippen LogP contribution in [0, 0.1) is 5.82 Å². The number of hydrogen-bond donors (Lipinski definition) is 2. The van der Waals surface area contributed by atoms with Crippen molar-refractivity contribution in [1.82, 2.24) is 10.6 Å². The molecular formula is C23H19FN2O3S. The summed E-state index contributed by atoms with van der Waals surface area (Å²) < 4.78 is 14.3. The van der Waals surface area contributed by atoms with E-state index in [-0.39, 0.29) is 24.6 Å². The van der Waals surface area contributed by atoms with Gasteiger partial charge in [-0.15, -0.1) is 11.3 Å². The molecule has 1 aliphatic carbocycles. The van der Waals surface area contributed by atoms with Gasteiger partial charge in [0.2, 0.25) is 6.29 Å². The van der Waals surface area contributed by atoms with Crippen molar-refractivity contribution in [2.45, 2.75) is 24.9 Å². The highest BCUT2D eigenvalue weighted by Gasteiger charge is 2.46. The first kappa shape index (κ1) is 20.0. The number of thiophene rings is 1. The first-order valence-electron chi connectivity index (χ1n) is 9.49. The molecule has 152 valence electrons. The fourth-order valence-corrected chi connectivity index (χ4v) is 4.18. The molecule has 1 fully saturated rings. The maximum Gasteiger partial charge on any atom is 0.284 e. The predicted octanol–water partition coefficient (Wildman–Crippen LogP) is 3.79. The lowest BCUT2D eigenvalue weighted by molar-refractivity contribution is -0.131. The molecule has 0 radical (unpaired) electrons. The minimum absolute atomic E-state index is 0.0661. The van der Waals surface area contributed by atoms with E-state index in [1.807, 2.05) is 23.6 Å². The Balaban J connectivity index is 1.57. The van der Waals surface area contributed by atoms with Gasteiger partial charge in [-0.2, -0.15) is 0 Å². The van der Waals surface area contributed by atoms with E-state index < -0.39 is 11.4 Å². The smallest absolute Gasteiger partial charge is 0.284 e. The van der Waals surface area contributed by atoms with Crippen LogP contribution < -0.4 is 10.6 Å². The Morgan fingerprint density at radius 2 is 1.90 bits per heavy atom. The summed E-state index contributed by atoms with van der Waals surface area (Å²) >= 11 is 1.53. The number of hydrogen-bond acceptors (Lipinski definition) is 4. The fraction of sp³-hybridized carbons (Fsp3) is 0.174. The Bertz CT molecular complexity index is 1110. The molecule has 1 aromatic heterocycles. The van der Waals surface area contributed by atoms with Crippen LogP contribution in [0.1, 0.15) is 34.3 Å². The highest BCUT2D eigenvalue weighted by atomic mass is 32.1. The molecule has 1 heterocycles. The van der Waals surface area contributed by atoms with Gasteiger partial charge < -0.3 is 10.6 Å². The lowest BCUT2D eigenvalue weighted by Crippen LogP contribution is -2.36. The van der Waals surface area contributed by atoms with Crippen molar-refractivity contribution in [3.63, 3.8) is 0 Å². The second kappa shape index (κ2) is 8.20. The summed E-state index contributed by atoms with van der Waals surface area (Å²) in [6, 6.07) is 15.6. The van der Waals surface area contributed by atoms with Crippen LogP contribution in [-0.4, -0.2) is 18.1 Å². The minimum atomic E-state index is -0.746. The van der Waals surface area contributed by atoms with Crippen molar-refractivity contribution in [2.24, 2.45) is 0 Å². The summed E-state index contributed by atoms with van der Waals surface area (Å²) in [6.07, 6.45) is 1.63. The Labute approximate surface area is 176 Å². The van der Waals surface area contributed by atoms with E-state index in [0.29, 0.717) is 11.1 Å². The van der Waals surface area contributed by atoms with Crippen molar-refractivity contribution < 1.29 is 18.8 Å². The van der Waals surface area contributed by atoms with Crippen LogP contribution in [0.4, 0.5) is 4.39 Å². The summed E-state index contributed by atoms with van der Waals surface area (Å²) in [6.45, 7) is 0.0661. The molecule has 0 aliphatic heterocycles. The zero-order valence-corrected chi connectivity index (χ0v) is 16.8. The second-order valence-corrected chi connectivity index (χ2v) is 8.18. The lowest BCUT2D eigenvalue weighted by atomic mass is 9.99. The van der Waals surface area contributed by atoms with E-state index in [2.05, 4.69) is 10.6 Å². The Kier molecular flexibility index (Phi) is 5.46. The zero-order valence-electron chi connectivity index (χ0n) is 16.0. The largest absolute Gasteiger partial charge is 0.346 e. The van der Waals surface area contributed by atoms with E-state index >= 15 is 0 Å². The number of carbonyl (C=O) groups is 3. The van der Waals surface area contributed by atoms with Crippen LogP contribution in [0.25, 0.3) is 10.4 Å². The van der Waals surface area contributed by atoms with E-state index in [0.717, 1.165) is 28.8 Å². The van der Waals surface area contributed by atoms with Gasteiger partial charge in [0, 0.05) is 17.0 Å². The molecule has 2 aromatic carbocycles. The summed E-state index contributed by atoms with van der Waals surface area (Å²) in [5, 5.41) is 7.45. The number of aldehydes is 1. The number of rotatable bonds is 7. The lowest BCUT2D eigenvalue weighted by Gasteiger charge is -2.20. The third kappa shape index (κ3) is 4.16. The van der Waals surface area contributed by atoms with Gasteiger partial charge in [0.15, 0.2) is 0 Å². The topological polar surface area (TPSA) is 75.3 Å². The third-order valence-corrected chi connectivity index (χ3v) is 6.10. The van der Waals surface area contributed by atoms with Gasteiger partial charge in [-0.3, -0.25) is 14.4 Å². The monoisotopic (exact) mass is 422 g/mol. The number of benzene rings is 2. The Hall–Kier alpha value is -3.32. The van der Waals surface area contributed by atoms with Gasteiger partial charge in [-0.1, -0.05) is 24.3 Å². The van der Waals surface area contributed by atoms with E-state index in [1.54, 1.807) is 24.3 Å². The molecular weight excluding hydrogens is 403 g/mol. The normalized spacial score (nSPS) is 14.0. The number of carbonyl (C=O) groups excluding carboxylic acids is 3. The molecule has 0 atom stereocenters. The molecule has 0 bridgehead atoms. The van der Waals surface area contributed by atoms with Crippen LogP contribution in [0.5, 0.6) is 0 Å². The highest BCUT2D eigenvalue weighted by molar-refractivity contribution is 7.13. The average molecular weight is 422 g/mol. The number of halogens is 1. The first-order valence-corrected chi connectivity index (χ1v) is 10.4. The van der Waals surface area contributed by atoms with Gasteiger partial charge in [-0.05, 0) is 65.2 Å². The van der Waals surface area contributed by atoms with Gasteiger partial charge >= 0.3 is 0 Å². The van der Waals surface area contributed by atoms with Crippen molar-refractivity contribution >= 4 is 29.4 Å². The van der Waals surface area contributed by atoms with Crippen molar-refractivity contribution in [3.05, 3.63) is 82.5 Å². The maximum atomic E-state index is 14.3. The van der Waals surface area contributed by atoms with Gasteiger partial charge in [0.25, 0.3) is 11.8 Å². The van der Waals surface area contributed by atoms with Gasteiger partial charge in [-0.25, -0.2) is 4.39 Å². The summed E-state index contributed by atoms with van der Waals surface area (Å²) in [5.74, 6) is -1.39. The third-order valence-electron chi connectivity index (χ3n) is 5.18. The standard InChI is InChI=1S/C23H19FN2O3S/c24-18-11-16(20-6-3-9-30-20)10-17(12-18)23(7-8-23)26-22(29)19-5-2-1-4-15(19)13-25-21(28)14-27/h1-6,9-12,14H,7-8,13H2,(H,25,28)(H,26,29). The maximum absolute atomic E-state index is 14.3. The van der Waals surface area contributed by atoms with Crippen LogP contribution in [-0.2, 0) is 21.7 Å². The fourth-order valence-electron chi connectivity index (χ4n) is 3.47. The molecule has 0 saturated heterocycles. The van der Waals surface area contributed by atoms with Gasteiger partial charge in [0.1, 0.15) is 5.82 Å². The molecule has 4 rings (SSSR count). The Morgan fingerprint density at radius 3 is 2.60 bits per heavy atom. The summed E-state index contributed by atoms with van der Waals surface area (Å²) in [5.41, 5.74) is 1.93. The van der Waals surface area contributed by atoms with E-state index in [1.165, 1.54) is 23.5 Å². The molecule has 5 nitrogen and oxygen atoms in total. The molecule has 2 amide bonds. The van der Waals surface area contributed by atoms with Crippen LogP contribution in [0.15, 0.2) is 60.0 Å². The SMILES string of the molecule is O=CC(=O)NCc1ccccc1C(=O)NC1(c2cc(F)cc(-c3cccs3)c2)CC1. The average Bonchev–Trinajstić information content (AvgIpc) is 3.32. The van der Waals surface area contributed by atoms with Crippen LogP contribution in [0.3, 0.4) is 0 Å². The molecule has 3 aromatic rings. The minimum Gasteiger partial charge on any atom is -0.346 e. The molecule has 30 heavy (non-hydrogen) atoms. The molecule has 0 spiro atoms. The quantitative estimate of drug-likeness (QED) is 0.449. The molecule has 1 aliphatic rings. The van der Waals surface area contributed by atoms with Crippen LogP contribution >= 0.6 is 11.3 Å². The van der Waals surface area contributed by atoms with Gasteiger partial charge in [0.05, 0.1) is 5.54 Å². The highest BCUT2D eigenvalue weighted by Crippen LogP contribution is 2.47. The van der Waals surface area contributed by atoms with E-state index in [9.17, 15) is 18.8 Å². The summed E-state index contributed by atoms with van der Waals surface area (Å²) in [7, 11) is 0. The molecule has 7 heteroatoms. The molecule has 0 unspecified atom stereocenters. The molecule has 2 N–H and O–H groups in total. The van der Waals surface area contributed by atoms with Crippen molar-refractivity contribution in [2.75, 3.05) is 0 Å². The van der Waals surface area contributed by atoms with Crippen LogP contribution in [0.2, 0.25) is 0 Å². The zero-order chi connectivity index (χ0) is 21.1. The predicted molar refractivity (Wildman–Crippen MR) is 112 cm³/mol. The number of nitrogens with one attached hydrogen (secondary N) is 2. The van der Waals surface area contributed by atoms with Crippen molar-refractivity contribution in [3.8, 4) is 10.4 Å². The number of amides is 2. The first-order chi connectivity index (χ1) is 14.5. The summed E-state index contributed by atoms with van der Waals surface area (Å²) in [4.78, 5) is 35.7. The van der Waals surface area contributed by atoms with E-state index in [4.69, 9.17) is 0 Å². The Morgan fingerprint density at radius 1 is 1.10 bits per heavy atom. The van der Waals surface area contributed by atoms with Crippen molar-refractivity contribution in [1.29, 1.82) is 0 Å². The molecule has 1 saturated carbocycles. The second-order valence-electron chi connectivity index (χ2n) is 7.23.